The predicted molar refractivity (Wildman–Crippen MR) is 130 cm³/mol. The van der Waals surface area contributed by atoms with Gasteiger partial charge in [-0.2, -0.15) is 0 Å². The van der Waals surface area contributed by atoms with Crippen molar-refractivity contribution in [2.75, 3.05) is 0 Å². The lowest BCUT2D eigenvalue weighted by Gasteiger charge is -2.44. The first-order valence-electron chi connectivity index (χ1n) is 11.6. The maximum Gasteiger partial charge on any atom is 0.303 e. The Labute approximate surface area is 210 Å². The van der Waals surface area contributed by atoms with Gasteiger partial charge in [0.05, 0.1) is 18.4 Å². The molecule has 2 aromatic carbocycles. The highest BCUT2D eigenvalue weighted by atomic mass is 31.2. The van der Waals surface area contributed by atoms with Crippen LogP contribution >= 0.6 is 7.37 Å². The van der Waals surface area contributed by atoms with Crippen LogP contribution in [0.3, 0.4) is 0 Å². The third-order valence-corrected chi connectivity index (χ3v) is 7.75. The van der Waals surface area contributed by atoms with E-state index in [1.54, 1.807) is 6.92 Å². The minimum Gasteiger partial charge on any atom is -0.456 e. The molecule has 1 aliphatic heterocycles. The molecule has 0 aliphatic carbocycles. The van der Waals surface area contributed by atoms with Gasteiger partial charge in [0.1, 0.15) is 0 Å². The molecule has 5 atom stereocenters. The van der Waals surface area contributed by atoms with Crippen LogP contribution in [-0.4, -0.2) is 48.6 Å². The average molecular weight is 518 g/mol. The summed E-state index contributed by atoms with van der Waals surface area (Å²) in [4.78, 5) is 35.6. The van der Waals surface area contributed by atoms with Gasteiger partial charge >= 0.3 is 17.9 Å². The quantitative estimate of drug-likeness (QED) is 0.273. The largest absolute Gasteiger partial charge is 0.456 e. The molecule has 0 bridgehead atoms. The topological polar surface area (TPSA) is 114 Å². The molecule has 1 fully saturated rings. The van der Waals surface area contributed by atoms with E-state index in [0.29, 0.717) is 0 Å². The molecule has 0 amide bonds. The third kappa shape index (κ3) is 7.75. The molecule has 1 saturated heterocycles. The predicted octanol–water partition coefficient (Wildman–Crippen LogP) is 4.22. The molecule has 0 spiro atoms. The van der Waals surface area contributed by atoms with Gasteiger partial charge in [0, 0.05) is 20.8 Å². The number of rotatable bonds is 9. The maximum atomic E-state index is 14.3. The smallest absolute Gasteiger partial charge is 0.303 e. The lowest BCUT2D eigenvalue weighted by Crippen LogP contribution is -2.61. The SMILES string of the molecule is CC(=O)O[C@H]1[C@H](OC(C)=O)[C@@H](OP(=O)(Cc2ccccc2)Cc2ccccc2)O[C@@H](C)[C@H]1OC(C)=O. The van der Waals surface area contributed by atoms with Crippen molar-refractivity contribution in [2.45, 2.75) is 70.7 Å². The second kappa shape index (κ2) is 12.3. The van der Waals surface area contributed by atoms with Gasteiger partial charge in [-0.1, -0.05) is 60.7 Å². The summed E-state index contributed by atoms with van der Waals surface area (Å²) in [7, 11) is -3.51. The standard InChI is InChI=1S/C26H31O9P/c1-17-23(32-18(2)27)24(33-19(3)28)25(34-20(4)29)26(31-17)35-36(30,15-21-11-7-5-8-12-21)16-22-13-9-6-10-14-22/h5-14,17,23-26H,15-16H2,1-4H3/t17-,23+,24+,25-,26+/m0/s1. The molecular weight excluding hydrogens is 487 g/mol. The molecule has 10 heteroatoms. The Morgan fingerprint density at radius 1 is 0.722 bits per heavy atom. The molecule has 2 aromatic rings. The van der Waals surface area contributed by atoms with E-state index < -0.39 is 56.0 Å². The lowest BCUT2D eigenvalue weighted by atomic mass is 9.99. The van der Waals surface area contributed by atoms with E-state index in [4.69, 9.17) is 23.5 Å². The van der Waals surface area contributed by atoms with Gasteiger partial charge in [-0.25, -0.2) is 0 Å². The van der Waals surface area contributed by atoms with Crippen LogP contribution < -0.4 is 0 Å². The summed E-state index contributed by atoms with van der Waals surface area (Å²) >= 11 is 0. The second-order valence-electron chi connectivity index (χ2n) is 8.64. The van der Waals surface area contributed by atoms with Crippen molar-refractivity contribution in [3.05, 3.63) is 71.8 Å². The van der Waals surface area contributed by atoms with Crippen LogP contribution in [0.5, 0.6) is 0 Å². The van der Waals surface area contributed by atoms with E-state index in [0.717, 1.165) is 11.1 Å². The highest BCUT2D eigenvalue weighted by Crippen LogP contribution is 2.55. The van der Waals surface area contributed by atoms with Crippen LogP contribution in [0.1, 0.15) is 38.8 Å². The first kappa shape index (κ1) is 27.6. The summed E-state index contributed by atoms with van der Waals surface area (Å²) < 4.78 is 42.6. The van der Waals surface area contributed by atoms with E-state index in [2.05, 4.69) is 0 Å². The van der Waals surface area contributed by atoms with E-state index in [-0.39, 0.29) is 12.3 Å². The van der Waals surface area contributed by atoms with Crippen LogP contribution in [-0.2, 0) is 54.7 Å². The Hall–Kier alpha value is -3.00. The minimum absolute atomic E-state index is 0.0926. The average Bonchev–Trinajstić information content (AvgIpc) is 2.79. The van der Waals surface area contributed by atoms with E-state index >= 15 is 0 Å². The number of carbonyl (C=O) groups excluding carboxylic acids is 3. The number of esters is 3. The van der Waals surface area contributed by atoms with E-state index in [9.17, 15) is 18.9 Å². The van der Waals surface area contributed by atoms with Gasteiger partial charge in [0.25, 0.3) is 0 Å². The normalized spacial score (nSPS) is 23.9. The Kier molecular flexibility index (Phi) is 9.43. The fourth-order valence-electron chi connectivity index (χ4n) is 4.10. The highest BCUT2D eigenvalue weighted by molar-refractivity contribution is 7.57. The number of hydrogen-bond donors (Lipinski definition) is 0. The van der Waals surface area contributed by atoms with Crippen molar-refractivity contribution < 1.29 is 42.4 Å². The molecular formula is C26H31O9P. The molecule has 3 rings (SSSR count). The van der Waals surface area contributed by atoms with Crippen molar-refractivity contribution in [1.29, 1.82) is 0 Å². The Morgan fingerprint density at radius 3 is 1.58 bits per heavy atom. The van der Waals surface area contributed by atoms with E-state index in [1.807, 2.05) is 60.7 Å². The minimum atomic E-state index is -3.51. The zero-order valence-electron chi connectivity index (χ0n) is 20.7. The Morgan fingerprint density at radius 2 is 1.14 bits per heavy atom. The Balaban J connectivity index is 1.98. The number of hydrogen-bond acceptors (Lipinski definition) is 9. The lowest BCUT2D eigenvalue weighted by molar-refractivity contribution is -0.280. The monoisotopic (exact) mass is 518 g/mol. The van der Waals surface area contributed by atoms with Crippen LogP contribution in [0, 0.1) is 0 Å². The van der Waals surface area contributed by atoms with Gasteiger partial charge in [-0.05, 0) is 18.1 Å². The fourth-order valence-corrected chi connectivity index (χ4v) is 6.44. The highest BCUT2D eigenvalue weighted by Gasteiger charge is 2.52. The molecule has 0 saturated carbocycles. The van der Waals surface area contributed by atoms with Crippen molar-refractivity contribution in [3.63, 3.8) is 0 Å². The van der Waals surface area contributed by atoms with Gasteiger partial charge in [-0.3, -0.25) is 23.5 Å². The van der Waals surface area contributed by atoms with Gasteiger partial charge in [0.15, 0.2) is 18.3 Å². The van der Waals surface area contributed by atoms with Crippen LogP contribution in [0.25, 0.3) is 0 Å². The number of carbonyl (C=O) groups is 3. The van der Waals surface area contributed by atoms with Crippen LogP contribution in [0.4, 0.5) is 0 Å². The van der Waals surface area contributed by atoms with Crippen LogP contribution in [0.2, 0.25) is 0 Å². The summed E-state index contributed by atoms with van der Waals surface area (Å²) in [6.07, 6.45) is -5.61. The zero-order valence-corrected chi connectivity index (χ0v) is 21.6. The van der Waals surface area contributed by atoms with Gasteiger partial charge in [0.2, 0.25) is 13.7 Å². The molecule has 194 valence electrons. The fraction of sp³-hybridized carbons (Fsp3) is 0.423. The molecule has 0 N–H and O–H groups in total. The van der Waals surface area contributed by atoms with E-state index in [1.165, 1.54) is 20.8 Å². The second-order valence-corrected chi connectivity index (χ2v) is 11.1. The van der Waals surface area contributed by atoms with Gasteiger partial charge < -0.3 is 18.9 Å². The number of benzene rings is 2. The molecule has 1 aliphatic rings. The maximum absolute atomic E-state index is 14.3. The summed E-state index contributed by atoms with van der Waals surface area (Å²) in [5.74, 6) is -2.02. The van der Waals surface area contributed by atoms with Crippen molar-refractivity contribution in [3.8, 4) is 0 Å². The molecule has 36 heavy (non-hydrogen) atoms. The van der Waals surface area contributed by atoms with Crippen molar-refractivity contribution in [1.82, 2.24) is 0 Å². The molecule has 9 nitrogen and oxygen atoms in total. The summed E-state index contributed by atoms with van der Waals surface area (Å²) in [5, 5.41) is 0. The zero-order chi connectivity index (χ0) is 26.3. The summed E-state index contributed by atoms with van der Waals surface area (Å²) in [6.45, 7) is 5.16. The molecule has 0 aromatic heterocycles. The van der Waals surface area contributed by atoms with Crippen LogP contribution in [0.15, 0.2) is 60.7 Å². The molecule has 0 radical (unpaired) electrons. The Bertz CT molecular complexity index is 1040. The third-order valence-electron chi connectivity index (χ3n) is 5.46. The van der Waals surface area contributed by atoms with Gasteiger partial charge in [-0.15, -0.1) is 0 Å². The molecule has 0 unspecified atom stereocenters. The van der Waals surface area contributed by atoms with Crippen molar-refractivity contribution >= 4 is 25.3 Å². The summed E-state index contributed by atoms with van der Waals surface area (Å²) in [5.41, 5.74) is 1.58. The first-order valence-corrected chi connectivity index (χ1v) is 13.6. The van der Waals surface area contributed by atoms with Crippen molar-refractivity contribution in [2.24, 2.45) is 0 Å². The number of ether oxygens (including phenoxy) is 4. The molecule has 1 heterocycles. The first-order chi connectivity index (χ1) is 17.1. The summed E-state index contributed by atoms with van der Waals surface area (Å²) in [6, 6.07) is 18.4.